The highest BCUT2D eigenvalue weighted by Gasteiger charge is 2.44. The lowest BCUT2D eigenvalue weighted by atomic mass is 9.97. The van der Waals surface area contributed by atoms with E-state index in [9.17, 15) is 14.7 Å². The molecule has 0 bridgehead atoms. The smallest absolute Gasteiger partial charge is 0.339 e. The van der Waals surface area contributed by atoms with Crippen LogP contribution in [-0.4, -0.2) is 61.5 Å². The van der Waals surface area contributed by atoms with Crippen LogP contribution in [0.2, 0.25) is 0 Å². The monoisotopic (exact) mass is 425 g/mol. The Labute approximate surface area is 181 Å². The molecule has 0 aromatic heterocycles. The summed E-state index contributed by atoms with van der Waals surface area (Å²) in [6.07, 6.45) is -0.0133. The Hall–Kier alpha value is -2.90. The summed E-state index contributed by atoms with van der Waals surface area (Å²) in [7, 11) is 0. The van der Waals surface area contributed by atoms with Crippen molar-refractivity contribution in [3.8, 4) is 5.75 Å². The number of hydrogen-bond acceptors (Lipinski definition) is 7. The Bertz CT molecular complexity index is 970. The first kappa shape index (κ1) is 21.3. The Morgan fingerprint density at radius 1 is 1.06 bits per heavy atom. The van der Waals surface area contributed by atoms with Crippen molar-refractivity contribution in [2.45, 2.75) is 38.6 Å². The summed E-state index contributed by atoms with van der Waals surface area (Å²) < 4.78 is 16.9. The minimum absolute atomic E-state index is 0.0454. The molecule has 0 spiro atoms. The van der Waals surface area contributed by atoms with E-state index in [4.69, 9.17) is 14.2 Å². The van der Waals surface area contributed by atoms with Crippen LogP contribution in [-0.2, 0) is 14.2 Å². The summed E-state index contributed by atoms with van der Waals surface area (Å²) in [5, 5.41) is 10.5. The number of carbonyl (C=O) groups excluding carboxylic acids is 2. The van der Waals surface area contributed by atoms with Crippen LogP contribution >= 0.6 is 0 Å². The zero-order chi connectivity index (χ0) is 22.0. The zero-order valence-electron chi connectivity index (χ0n) is 17.7. The average Bonchev–Trinajstić information content (AvgIpc) is 3.39. The molecule has 2 heterocycles. The molecule has 3 unspecified atom stereocenters. The van der Waals surface area contributed by atoms with Crippen LogP contribution in [0.25, 0.3) is 0 Å². The molecule has 7 heteroatoms. The van der Waals surface area contributed by atoms with Crippen LogP contribution in [0.5, 0.6) is 5.75 Å². The van der Waals surface area contributed by atoms with Gasteiger partial charge in [-0.1, -0.05) is 18.2 Å². The molecular weight excluding hydrogens is 398 g/mol. The van der Waals surface area contributed by atoms with Crippen LogP contribution in [0, 0.1) is 0 Å². The molecule has 164 valence electrons. The van der Waals surface area contributed by atoms with Gasteiger partial charge in [0.25, 0.3) is 0 Å². The van der Waals surface area contributed by atoms with E-state index in [1.807, 2.05) is 13.8 Å². The van der Waals surface area contributed by atoms with Crippen LogP contribution in [0.4, 0.5) is 5.69 Å². The van der Waals surface area contributed by atoms with Gasteiger partial charge in [-0.3, -0.25) is 4.79 Å². The first-order chi connectivity index (χ1) is 15.0. The predicted octanol–water partition coefficient (Wildman–Crippen LogP) is 3.18. The molecule has 0 amide bonds. The molecular formula is C24H27NO6. The number of rotatable bonds is 7. The van der Waals surface area contributed by atoms with Crippen molar-refractivity contribution in [3.63, 3.8) is 0 Å². The second-order valence-corrected chi connectivity index (χ2v) is 7.69. The van der Waals surface area contributed by atoms with Crippen molar-refractivity contribution in [2.24, 2.45) is 0 Å². The summed E-state index contributed by atoms with van der Waals surface area (Å²) in [6, 6.07) is 11.4. The van der Waals surface area contributed by atoms with Crippen molar-refractivity contribution < 1.29 is 28.9 Å². The second-order valence-electron chi connectivity index (χ2n) is 7.69. The lowest BCUT2D eigenvalue weighted by molar-refractivity contribution is -0.0148. The highest BCUT2D eigenvalue weighted by atomic mass is 16.6. The normalized spacial score (nSPS) is 22.2. The first-order valence-corrected chi connectivity index (χ1v) is 10.7. The third-order valence-corrected chi connectivity index (χ3v) is 5.92. The molecule has 4 rings (SSSR count). The fraction of sp³-hybridized carbons (Fsp3) is 0.417. The van der Waals surface area contributed by atoms with Gasteiger partial charge in [0.15, 0.2) is 11.9 Å². The average molecular weight is 425 g/mol. The lowest BCUT2D eigenvalue weighted by Crippen LogP contribution is -2.32. The quantitative estimate of drug-likeness (QED) is 0.539. The lowest BCUT2D eigenvalue weighted by Gasteiger charge is -2.21. The van der Waals surface area contributed by atoms with Crippen molar-refractivity contribution in [1.29, 1.82) is 0 Å². The predicted molar refractivity (Wildman–Crippen MR) is 115 cm³/mol. The summed E-state index contributed by atoms with van der Waals surface area (Å²) in [5.41, 5.74) is 1.31. The standard InChI is InChI=1S/C24H27NO6/c1-3-25(4-2)15-9-10-18(19(26)13-15)22(27)16-7-5-6-8-17(16)24(28)31-21-14-30-20-11-12-29-23(20)21/h5-10,13,20-21,23,26H,3-4,11-12,14H2,1-2H3. The topological polar surface area (TPSA) is 85.3 Å². The molecule has 0 saturated carbocycles. The number of aromatic hydroxyl groups is 1. The minimum atomic E-state index is -0.604. The van der Waals surface area contributed by atoms with Gasteiger partial charge < -0.3 is 24.2 Å². The number of anilines is 1. The highest BCUT2D eigenvalue weighted by molar-refractivity contribution is 6.15. The molecule has 1 N–H and O–H groups in total. The molecule has 0 aliphatic carbocycles. The Morgan fingerprint density at radius 3 is 2.52 bits per heavy atom. The van der Waals surface area contributed by atoms with Gasteiger partial charge in [-0.2, -0.15) is 0 Å². The summed E-state index contributed by atoms with van der Waals surface area (Å²) in [6.45, 7) is 6.49. The van der Waals surface area contributed by atoms with E-state index in [1.165, 1.54) is 0 Å². The SMILES string of the molecule is CCN(CC)c1ccc(C(=O)c2ccccc2C(=O)OC2COC3CCOC32)c(O)c1. The number of hydrogen-bond donors (Lipinski definition) is 1. The van der Waals surface area contributed by atoms with Crippen LogP contribution in [0.1, 0.15) is 46.5 Å². The van der Waals surface area contributed by atoms with E-state index in [1.54, 1.807) is 42.5 Å². The van der Waals surface area contributed by atoms with E-state index < -0.39 is 17.9 Å². The zero-order valence-corrected chi connectivity index (χ0v) is 17.7. The van der Waals surface area contributed by atoms with Crippen LogP contribution < -0.4 is 4.90 Å². The maximum atomic E-state index is 13.2. The third-order valence-electron chi connectivity index (χ3n) is 5.92. The summed E-state index contributed by atoms with van der Waals surface area (Å²) in [4.78, 5) is 28.2. The van der Waals surface area contributed by atoms with Gasteiger partial charge in [0.05, 0.1) is 23.8 Å². The molecule has 2 fully saturated rings. The number of ketones is 1. The number of ether oxygens (including phenoxy) is 3. The molecule has 2 aliphatic heterocycles. The number of phenolic OH excluding ortho intramolecular Hbond substituents is 1. The number of fused-ring (bicyclic) bond motifs is 1. The van der Waals surface area contributed by atoms with E-state index in [-0.39, 0.29) is 41.3 Å². The minimum Gasteiger partial charge on any atom is -0.507 e. The molecule has 7 nitrogen and oxygen atoms in total. The number of nitrogens with zero attached hydrogens (tertiary/aromatic N) is 1. The van der Waals surface area contributed by atoms with Gasteiger partial charge in [-0.15, -0.1) is 0 Å². The van der Waals surface area contributed by atoms with Gasteiger partial charge >= 0.3 is 5.97 Å². The number of benzene rings is 2. The molecule has 2 aromatic rings. The van der Waals surface area contributed by atoms with E-state index in [0.717, 1.165) is 25.2 Å². The molecule has 0 radical (unpaired) electrons. The fourth-order valence-electron chi connectivity index (χ4n) is 4.23. The number of esters is 1. The second kappa shape index (κ2) is 9.08. The van der Waals surface area contributed by atoms with Crippen molar-refractivity contribution >= 4 is 17.4 Å². The maximum absolute atomic E-state index is 13.2. The van der Waals surface area contributed by atoms with Crippen LogP contribution in [0.15, 0.2) is 42.5 Å². The summed E-state index contributed by atoms with van der Waals surface area (Å²) >= 11 is 0. The molecule has 3 atom stereocenters. The van der Waals surface area contributed by atoms with Crippen molar-refractivity contribution in [1.82, 2.24) is 0 Å². The molecule has 2 aromatic carbocycles. The Morgan fingerprint density at radius 2 is 1.81 bits per heavy atom. The number of carbonyl (C=O) groups is 2. The van der Waals surface area contributed by atoms with Gasteiger partial charge in [-0.25, -0.2) is 4.79 Å². The van der Waals surface area contributed by atoms with E-state index >= 15 is 0 Å². The third kappa shape index (κ3) is 4.16. The van der Waals surface area contributed by atoms with Gasteiger partial charge in [0, 0.05) is 37.0 Å². The van der Waals surface area contributed by atoms with Crippen LogP contribution in [0.3, 0.4) is 0 Å². The van der Waals surface area contributed by atoms with Crippen molar-refractivity contribution in [3.05, 3.63) is 59.2 Å². The largest absolute Gasteiger partial charge is 0.507 e. The van der Waals surface area contributed by atoms with Gasteiger partial charge in [0.2, 0.25) is 0 Å². The Balaban J connectivity index is 1.56. The summed E-state index contributed by atoms with van der Waals surface area (Å²) in [5.74, 6) is -1.16. The molecule has 2 aliphatic rings. The van der Waals surface area contributed by atoms with E-state index in [2.05, 4.69) is 4.90 Å². The molecule has 2 saturated heterocycles. The van der Waals surface area contributed by atoms with Crippen molar-refractivity contribution in [2.75, 3.05) is 31.2 Å². The number of phenols is 1. The highest BCUT2D eigenvalue weighted by Crippen LogP contribution is 2.30. The molecule has 31 heavy (non-hydrogen) atoms. The van der Waals surface area contributed by atoms with E-state index in [0.29, 0.717) is 6.61 Å². The van der Waals surface area contributed by atoms with Gasteiger partial charge in [-0.05, 0) is 38.5 Å². The first-order valence-electron chi connectivity index (χ1n) is 10.7. The van der Waals surface area contributed by atoms with Gasteiger partial charge in [0.1, 0.15) is 11.9 Å². The fourth-order valence-corrected chi connectivity index (χ4v) is 4.23. The maximum Gasteiger partial charge on any atom is 0.339 e. The Kier molecular flexibility index (Phi) is 6.25.